The highest BCUT2D eigenvalue weighted by Gasteiger charge is 2.34. The maximum atomic E-state index is 12.8. The Bertz CT molecular complexity index is 650. The van der Waals surface area contributed by atoms with E-state index in [0.29, 0.717) is 10.0 Å². The molecule has 1 amide bonds. The van der Waals surface area contributed by atoms with Crippen LogP contribution in [0.15, 0.2) is 48.5 Å². The third-order valence-electron chi connectivity index (χ3n) is 3.60. The van der Waals surface area contributed by atoms with Crippen molar-refractivity contribution in [2.24, 2.45) is 0 Å². The highest BCUT2D eigenvalue weighted by molar-refractivity contribution is 6.32. The number of anilines is 1. The predicted octanol–water partition coefficient (Wildman–Crippen LogP) is 4.93. The van der Waals surface area contributed by atoms with E-state index < -0.39 is 5.41 Å². The van der Waals surface area contributed by atoms with E-state index in [1.165, 1.54) is 0 Å². The molecular formula is C17H17Cl2NO. The van der Waals surface area contributed by atoms with Crippen LogP contribution in [-0.4, -0.2) is 13.0 Å². The molecule has 0 aliphatic rings. The summed E-state index contributed by atoms with van der Waals surface area (Å²) in [5.74, 6) is -0.0297. The van der Waals surface area contributed by atoms with Crippen molar-refractivity contribution < 1.29 is 4.79 Å². The summed E-state index contributed by atoms with van der Waals surface area (Å²) < 4.78 is 0. The fourth-order valence-corrected chi connectivity index (χ4v) is 2.78. The quantitative estimate of drug-likeness (QED) is 0.784. The maximum Gasteiger partial charge on any atom is 0.236 e. The van der Waals surface area contributed by atoms with Crippen molar-refractivity contribution in [3.05, 3.63) is 64.1 Å². The fourth-order valence-electron chi connectivity index (χ4n) is 2.28. The third kappa shape index (κ3) is 3.22. The molecule has 0 fully saturated rings. The number of halogens is 2. The Hall–Kier alpha value is -1.51. The van der Waals surface area contributed by atoms with Crippen molar-refractivity contribution in [3.63, 3.8) is 0 Å². The van der Waals surface area contributed by atoms with Gasteiger partial charge in [-0.2, -0.15) is 0 Å². The van der Waals surface area contributed by atoms with E-state index in [9.17, 15) is 4.79 Å². The van der Waals surface area contributed by atoms with Crippen LogP contribution in [0.3, 0.4) is 0 Å². The van der Waals surface area contributed by atoms with Crippen LogP contribution >= 0.6 is 23.2 Å². The van der Waals surface area contributed by atoms with Gasteiger partial charge < -0.3 is 4.90 Å². The second-order valence-corrected chi connectivity index (χ2v) is 6.29. The first-order chi connectivity index (χ1) is 9.84. The van der Waals surface area contributed by atoms with Crippen molar-refractivity contribution in [1.82, 2.24) is 0 Å². The largest absolute Gasteiger partial charge is 0.315 e. The van der Waals surface area contributed by atoms with Crippen LogP contribution in [0.4, 0.5) is 5.69 Å². The molecule has 0 spiro atoms. The number of carbonyl (C=O) groups excluding carboxylic acids is 1. The number of hydrogen-bond donors (Lipinski definition) is 0. The van der Waals surface area contributed by atoms with Crippen LogP contribution in [-0.2, 0) is 10.2 Å². The summed E-state index contributed by atoms with van der Waals surface area (Å²) in [6, 6.07) is 14.6. The number of benzene rings is 2. The average Bonchev–Trinajstić information content (AvgIpc) is 2.46. The Kier molecular flexibility index (Phi) is 4.60. The molecule has 2 rings (SSSR count). The zero-order valence-electron chi connectivity index (χ0n) is 12.2. The van der Waals surface area contributed by atoms with Gasteiger partial charge in [-0.05, 0) is 49.7 Å². The summed E-state index contributed by atoms with van der Waals surface area (Å²) in [7, 11) is 1.75. The van der Waals surface area contributed by atoms with Gasteiger partial charge in [0.1, 0.15) is 0 Å². The van der Waals surface area contributed by atoms with Gasteiger partial charge >= 0.3 is 0 Å². The molecule has 2 nitrogen and oxygen atoms in total. The molecule has 0 aliphatic carbocycles. The number of rotatable bonds is 3. The minimum atomic E-state index is -0.716. The van der Waals surface area contributed by atoms with Gasteiger partial charge in [-0.3, -0.25) is 4.79 Å². The van der Waals surface area contributed by atoms with Gasteiger partial charge in [-0.1, -0.05) is 41.4 Å². The standard InChI is InChI=1S/C17H17Cl2NO/c1-17(2,14-6-4-5-7-15(14)19)16(21)20(3)13-10-8-12(18)9-11-13/h4-11H,1-3H3. The zero-order valence-corrected chi connectivity index (χ0v) is 13.7. The van der Waals surface area contributed by atoms with Crippen molar-refractivity contribution in [1.29, 1.82) is 0 Å². The molecular weight excluding hydrogens is 305 g/mol. The van der Waals surface area contributed by atoms with Crippen molar-refractivity contribution in [3.8, 4) is 0 Å². The first-order valence-electron chi connectivity index (χ1n) is 6.63. The van der Waals surface area contributed by atoms with E-state index in [1.807, 2.05) is 44.2 Å². The summed E-state index contributed by atoms with van der Waals surface area (Å²) in [6.45, 7) is 3.76. The van der Waals surface area contributed by atoms with Crippen molar-refractivity contribution in [2.45, 2.75) is 19.3 Å². The molecule has 4 heteroatoms. The first kappa shape index (κ1) is 15.9. The van der Waals surface area contributed by atoms with Crippen LogP contribution in [0.2, 0.25) is 10.0 Å². The van der Waals surface area contributed by atoms with E-state index in [2.05, 4.69) is 0 Å². The van der Waals surface area contributed by atoms with Gasteiger partial charge in [0.15, 0.2) is 0 Å². The molecule has 0 radical (unpaired) electrons. The highest BCUT2D eigenvalue weighted by Crippen LogP contribution is 2.32. The third-order valence-corrected chi connectivity index (χ3v) is 4.18. The Morgan fingerprint density at radius 2 is 1.57 bits per heavy atom. The van der Waals surface area contributed by atoms with Crippen LogP contribution < -0.4 is 4.90 Å². The highest BCUT2D eigenvalue weighted by atomic mass is 35.5. The topological polar surface area (TPSA) is 20.3 Å². The van der Waals surface area contributed by atoms with E-state index >= 15 is 0 Å². The molecule has 21 heavy (non-hydrogen) atoms. The van der Waals surface area contributed by atoms with E-state index in [0.717, 1.165) is 11.3 Å². The monoisotopic (exact) mass is 321 g/mol. The minimum absolute atomic E-state index is 0.0297. The van der Waals surface area contributed by atoms with Crippen LogP contribution in [0.5, 0.6) is 0 Å². The lowest BCUT2D eigenvalue weighted by Crippen LogP contribution is -2.41. The van der Waals surface area contributed by atoms with Gasteiger partial charge in [-0.15, -0.1) is 0 Å². The number of carbonyl (C=O) groups is 1. The van der Waals surface area contributed by atoms with Crippen molar-refractivity contribution >= 4 is 34.8 Å². The maximum absolute atomic E-state index is 12.8. The predicted molar refractivity (Wildman–Crippen MR) is 89.3 cm³/mol. The molecule has 0 aromatic heterocycles. The molecule has 2 aromatic carbocycles. The average molecular weight is 322 g/mol. The zero-order chi connectivity index (χ0) is 15.6. The molecule has 0 saturated heterocycles. The number of nitrogens with zero attached hydrogens (tertiary/aromatic N) is 1. The molecule has 0 saturated carbocycles. The first-order valence-corrected chi connectivity index (χ1v) is 7.38. The molecule has 2 aromatic rings. The molecule has 0 unspecified atom stereocenters. The van der Waals surface area contributed by atoms with Gasteiger partial charge in [0.25, 0.3) is 0 Å². The van der Waals surface area contributed by atoms with Gasteiger partial charge in [-0.25, -0.2) is 0 Å². The van der Waals surface area contributed by atoms with E-state index in [-0.39, 0.29) is 5.91 Å². The summed E-state index contributed by atoms with van der Waals surface area (Å²) in [5, 5.41) is 1.24. The van der Waals surface area contributed by atoms with Gasteiger partial charge in [0.2, 0.25) is 5.91 Å². The van der Waals surface area contributed by atoms with Crippen molar-refractivity contribution in [2.75, 3.05) is 11.9 Å². The lowest BCUT2D eigenvalue weighted by molar-refractivity contribution is -0.122. The number of amides is 1. The SMILES string of the molecule is CN(C(=O)C(C)(C)c1ccccc1Cl)c1ccc(Cl)cc1. The summed E-state index contributed by atoms with van der Waals surface area (Å²) in [4.78, 5) is 14.5. The number of likely N-dealkylation sites (N-methyl/N-ethyl adjacent to an activating group) is 1. The molecule has 0 bridgehead atoms. The molecule has 110 valence electrons. The van der Waals surface area contributed by atoms with Gasteiger partial charge in [0, 0.05) is 22.8 Å². The second-order valence-electron chi connectivity index (χ2n) is 5.45. The Labute approximate surface area is 135 Å². The molecule has 0 aliphatic heterocycles. The summed E-state index contributed by atoms with van der Waals surface area (Å²) in [6.07, 6.45) is 0. The summed E-state index contributed by atoms with van der Waals surface area (Å²) >= 11 is 12.1. The minimum Gasteiger partial charge on any atom is -0.315 e. The Balaban J connectivity index is 2.34. The molecule has 0 heterocycles. The normalized spacial score (nSPS) is 11.3. The smallest absolute Gasteiger partial charge is 0.236 e. The Morgan fingerprint density at radius 1 is 1.00 bits per heavy atom. The molecule has 0 N–H and O–H groups in total. The Morgan fingerprint density at radius 3 is 2.14 bits per heavy atom. The van der Waals surface area contributed by atoms with E-state index in [4.69, 9.17) is 23.2 Å². The summed E-state index contributed by atoms with van der Waals surface area (Å²) in [5.41, 5.74) is 0.897. The van der Waals surface area contributed by atoms with Crippen LogP contribution in [0.25, 0.3) is 0 Å². The van der Waals surface area contributed by atoms with Crippen LogP contribution in [0, 0.1) is 0 Å². The second kappa shape index (κ2) is 6.08. The van der Waals surface area contributed by atoms with Crippen LogP contribution in [0.1, 0.15) is 19.4 Å². The van der Waals surface area contributed by atoms with Gasteiger partial charge in [0.05, 0.1) is 5.41 Å². The lowest BCUT2D eigenvalue weighted by Gasteiger charge is -2.30. The lowest BCUT2D eigenvalue weighted by atomic mass is 9.83. The van der Waals surface area contributed by atoms with E-state index in [1.54, 1.807) is 30.1 Å². The fraction of sp³-hybridized carbons (Fsp3) is 0.235. The number of hydrogen-bond acceptors (Lipinski definition) is 1. The molecule has 0 atom stereocenters.